The Morgan fingerprint density at radius 2 is 2.00 bits per heavy atom. The zero-order valence-corrected chi connectivity index (χ0v) is 11.9. The summed E-state index contributed by atoms with van der Waals surface area (Å²) >= 11 is 0. The van der Waals surface area contributed by atoms with Gasteiger partial charge in [0.05, 0.1) is 5.25 Å². The van der Waals surface area contributed by atoms with Crippen molar-refractivity contribution in [2.45, 2.75) is 37.9 Å². The Hall–Kier alpha value is -0.170. The first-order chi connectivity index (χ1) is 8.54. The molecule has 1 spiro atoms. The highest BCUT2D eigenvalue weighted by atomic mass is 32.2. The fraction of sp³-hybridized carbons (Fsp3) is 1.00. The molecule has 106 valence electrons. The Labute approximate surface area is 110 Å². The number of sulfonamides is 1. The topological polar surface area (TPSA) is 72.6 Å². The molecule has 2 aliphatic rings. The molecule has 0 saturated carbocycles. The van der Waals surface area contributed by atoms with Gasteiger partial charge in [0.25, 0.3) is 0 Å². The van der Waals surface area contributed by atoms with Gasteiger partial charge in [-0.15, -0.1) is 0 Å². The number of hydrogen-bond acceptors (Lipinski definition) is 4. The molecule has 1 unspecified atom stereocenters. The SMILES string of the molecule is CCC(CN)S(=O)(=O)N1CCC2(CCOCC2)C1. The normalized spacial score (nSPS) is 26.6. The predicted molar refractivity (Wildman–Crippen MR) is 70.7 cm³/mol. The third-order valence-electron chi connectivity index (χ3n) is 4.46. The van der Waals surface area contributed by atoms with Gasteiger partial charge < -0.3 is 10.5 Å². The van der Waals surface area contributed by atoms with Crippen LogP contribution in [0.2, 0.25) is 0 Å². The lowest BCUT2D eigenvalue weighted by Gasteiger charge is -2.33. The summed E-state index contributed by atoms with van der Waals surface area (Å²) in [4.78, 5) is 0. The summed E-state index contributed by atoms with van der Waals surface area (Å²) in [7, 11) is -3.21. The molecule has 0 amide bonds. The Kier molecular flexibility index (Phi) is 4.31. The van der Waals surface area contributed by atoms with Crippen molar-refractivity contribution in [1.29, 1.82) is 0 Å². The van der Waals surface area contributed by atoms with Crippen molar-refractivity contribution >= 4 is 10.0 Å². The molecule has 2 N–H and O–H groups in total. The van der Waals surface area contributed by atoms with Crippen LogP contribution < -0.4 is 5.73 Å². The van der Waals surface area contributed by atoms with E-state index in [9.17, 15) is 8.42 Å². The van der Waals surface area contributed by atoms with Gasteiger partial charge in [0.2, 0.25) is 10.0 Å². The minimum Gasteiger partial charge on any atom is -0.381 e. The van der Waals surface area contributed by atoms with Gasteiger partial charge in [0, 0.05) is 32.8 Å². The van der Waals surface area contributed by atoms with Crippen LogP contribution in [-0.4, -0.2) is 50.8 Å². The van der Waals surface area contributed by atoms with Crippen LogP contribution >= 0.6 is 0 Å². The van der Waals surface area contributed by atoms with E-state index in [1.54, 1.807) is 4.31 Å². The average Bonchev–Trinajstić information content (AvgIpc) is 2.76. The van der Waals surface area contributed by atoms with Crippen molar-refractivity contribution in [2.24, 2.45) is 11.1 Å². The zero-order valence-electron chi connectivity index (χ0n) is 11.1. The van der Waals surface area contributed by atoms with E-state index in [2.05, 4.69) is 0 Å². The maximum atomic E-state index is 12.4. The van der Waals surface area contributed by atoms with E-state index in [0.717, 1.165) is 32.5 Å². The number of ether oxygens (including phenoxy) is 1. The highest BCUT2D eigenvalue weighted by Gasteiger charge is 2.44. The van der Waals surface area contributed by atoms with E-state index < -0.39 is 15.3 Å². The Morgan fingerprint density at radius 1 is 1.33 bits per heavy atom. The molecule has 5 nitrogen and oxygen atoms in total. The van der Waals surface area contributed by atoms with Crippen LogP contribution in [0.1, 0.15) is 32.6 Å². The van der Waals surface area contributed by atoms with E-state index in [4.69, 9.17) is 10.5 Å². The van der Waals surface area contributed by atoms with Gasteiger partial charge in [-0.3, -0.25) is 0 Å². The van der Waals surface area contributed by atoms with Crippen LogP contribution in [0, 0.1) is 5.41 Å². The van der Waals surface area contributed by atoms with Crippen molar-refractivity contribution in [1.82, 2.24) is 4.31 Å². The molecule has 0 aromatic carbocycles. The first-order valence-electron chi connectivity index (χ1n) is 6.81. The molecule has 0 radical (unpaired) electrons. The van der Waals surface area contributed by atoms with Crippen LogP contribution in [0.4, 0.5) is 0 Å². The van der Waals surface area contributed by atoms with Gasteiger partial charge in [-0.25, -0.2) is 12.7 Å². The smallest absolute Gasteiger partial charge is 0.218 e. The second-order valence-electron chi connectivity index (χ2n) is 5.51. The van der Waals surface area contributed by atoms with Crippen molar-refractivity contribution in [2.75, 3.05) is 32.8 Å². The highest BCUT2D eigenvalue weighted by molar-refractivity contribution is 7.89. The van der Waals surface area contributed by atoms with E-state index in [0.29, 0.717) is 19.5 Å². The minimum absolute atomic E-state index is 0.165. The van der Waals surface area contributed by atoms with E-state index in [-0.39, 0.29) is 12.0 Å². The molecule has 1 atom stereocenters. The molecule has 2 rings (SSSR count). The molecule has 18 heavy (non-hydrogen) atoms. The standard InChI is InChI=1S/C12H24N2O3S/c1-2-11(9-13)18(15,16)14-6-3-12(10-14)4-7-17-8-5-12/h11H,2-10,13H2,1H3. The molecular weight excluding hydrogens is 252 g/mol. The fourth-order valence-corrected chi connectivity index (χ4v) is 4.92. The van der Waals surface area contributed by atoms with Crippen molar-refractivity contribution in [3.05, 3.63) is 0 Å². The lowest BCUT2D eigenvalue weighted by molar-refractivity contribution is 0.0222. The second kappa shape index (κ2) is 5.45. The van der Waals surface area contributed by atoms with Crippen molar-refractivity contribution in [3.63, 3.8) is 0 Å². The van der Waals surface area contributed by atoms with Crippen LogP contribution in [0.15, 0.2) is 0 Å². The van der Waals surface area contributed by atoms with Crippen LogP contribution in [0.3, 0.4) is 0 Å². The monoisotopic (exact) mass is 276 g/mol. The maximum absolute atomic E-state index is 12.4. The van der Waals surface area contributed by atoms with E-state index >= 15 is 0 Å². The average molecular weight is 276 g/mol. The van der Waals surface area contributed by atoms with Crippen LogP contribution in [0.5, 0.6) is 0 Å². The summed E-state index contributed by atoms with van der Waals surface area (Å²) in [5.74, 6) is 0. The van der Waals surface area contributed by atoms with Crippen LogP contribution in [0.25, 0.3) is 0 Å². The van der Waals surface area contributed by atoms with Gasteiger partial charge in [0.1, 0.15) is 0 Å². The Bertz CT molecular complexity index is 373. The molecule has 0 bridgehead atoms. The maximum Gasteiger partial charge on any atom is 0.218 e. The summed E-state index contributed by atoms with van der Waals surface area (Å²) in [6.45, 7) is 4.94. The molecule has 2 saturated heterocycles. The number of nitrogens with zero attached hydrogens (tertiary/aromatic N) is 1. The Balaban J connectivity index is 2.08. The molecule has 0 aromatic rings. The summed E-state index contributed by atoms with van der Waals surface area (Å²) in [6, 6.07) is 0. The highest BCUT2D eigenvalue weighted by Crippen LogP contribution is 2.41. The zero-order chi connectivity index (χ0) is 13.2. The molecule has 2 aliphatic heterocycles. The molecule has 0 aromatic heterocycles. The van der Waals surface area contributed by atoms with Gasteiger partial charge >= 0.3 is 0 Å². The number of nitrogens with two attached hydrogens (primary N) is 1. The molecule has 2 fully saturated rings. The first kappa shape index (κ1) is 14.2. The predicted octanol–water partition coefficient (Wildman–Crippen LogP) is 0.556. The minimum atomic E-state index is -3.21. The number of rotatable bonds is 4. The van der Waals surface area contributed by atoms with Crippen LogP contribution in [-0.2, 0) is 14.8 Å². The lowest BCUT2D eigenvalue weighted by Crippen LogP contribution is -2.42. The third kappa shape index (κ3) is 2.57. The fourth-order valence-electron chi connectivity index (χ4n) is 3.03. The molecular formula is C12H24N2O3S. The largest absolute Gasteiger partial charge is 0.381 e. The molecule has 6 heteroatoms. The van der Waals surface area contributed by atoms with E-state index in [1.807, 2.05) is 6.92 Å². The summed E-state index contributed by atoms with van der Waals surface area (Å²) in [5.41, 5.74) is 5.75. The van der Waals surface area contributed by atoms with Crippen molar-refractivity contribution < 1.29 is 13.2 Å². The third-order valence-corrected chi connectivity index (χ3v) is 6.86. The summed E-state index contributed by atoms with van der Waals surface area (Å²) in [6.07, 6.45) is 3.53. The van der Waals surface area contributed by atoms with Gasteiger partial charge in [-0.1, -0.05) is 6.92 Å². The van der Waals surface area contributed by atoms with Crippen molar-refractivity contribution in [3.8, 4) is 0 Å². The van der Waals surface area contributed by atoms with Gasteiger partial charge in [0.15, 0.2) is 0 Å². The summed E-state index contributed by atoms with van der Waals surface area (Å²) in [5, 5.41) is -0.424. The lowest BCUT2D eigenvalue weighted by atomic mass is 9.80. The Morgan fingerprint density at radius 3 is 2.56 bits per heavy atom. The second-order valence-corrected chi connectivity index (χ2v) is 7.72. The molecule has 0 aliphatic carbocycles. The quantitative estimate of drug-likeness (QED) is 0.814. The van der Waals surface area contributed by atoms with Gasteiger partial charge in [-0.2, -0.15) is 0 Å². The summed E-state index contributed by atoms with van der Waals surface area (Å²) < 4.78 is 31.9. The van der Waals surface area contributed by atoms with Gasteiger partial charge in [-0.05, 0) is 31.1 Å². The molecule has 2 heterocycles. The van der Waals surface area contributed by atoms with E-state index in [1.165, 1.54) is 0 Å². The first-order valence-corrected chi connectivity index (χ1v) is 8.31. The number of hydrogen-bond donors (Lipinski definition) is 1.